The number of rotatable bonds is 2. The van der Waals surface area contributed by atoms with E-state index in [0.717, 1.165) is 40.5 Å². The first-order chi connectivity index (χ1) is 9.81. The van der Waals surface area contributed by atoms with Crippen LogP contribution in [0.2, 0.25) is 0 Å². The van der Waals surface area contributed by atoms with E-state index >= 15 is 0 Å². The fourth-order valence-electron chi connectivity index (χ4n) is 3.19. The number of fused-ring (bicyclic) bond motifs is 5. The summed E-state index contributed by atoms with van der Waals surface area (Å²) in [7, 11) is 0. The first-order valence-electron chi connectivity index (χ1n) is 6.98. The van der Waals surface area contributed by atoms with Crippen LogP contribution in [0.3, 0.4) is 0 Å². The number of amides is 1. The number of hydrogen-bond donors (Lipinski definition) is 1. The lowest BCUT2D eigenvalue weighted by atomic mass is 10.0. The fraction of sp³-hybridized carbons (Fsp3) is 0.250. The van der Waals surface area contributed by atoms with Crippen LogP contribution < -0.4 is 5.32 Å². The van der Waals surface area contributed by atoms with Crippen molar-refractivity contribution in [3.63, 3.8) is 0 Å². The molecule has 4 rings (SSSR count). The average Bonchev–Trinajstić information content (AvgIpc) is 3.00. The minimum absolute atomic E-state index is 0.0224. The Kier molecular flexibility index (Phi) is 2.33. The first-order valence-corrected chi connectivity index (χ1v) is 6.98. The van der Waals surface area contributed by atoms with Crippen LogP contribution in [0, 0.1) is 0 Å². The van der Waals surface area contributed by atoms with Crippen LogP contribution in [-0.2, 0) is 13.1 Å². The number of carbonyl (C=O) groups excluding carboxylic acids is 1. The van der Waals surface area contributed by atoms with E-state index in [9.17, 15) is 4.79 Å². The lowest BCUT2D eigenvalue weighted by molar-refractivity contribution is 0.0966. The molecule has 0 radical (unpaired) electrons. The summed E-state index contributed by atoms with van der Waals surface area (Å²) in [4.78, 5) is 16.4. The summed E-state index contributed by atoms with van der Waals surface area (Å²) in [5.74, 6) is 0.0224. The van der Waals surface area contributed by atoms with Crippen LogP contribution in [0.25, 0.3) is 21.9 Å². The SMILES string of the molecule is CCCn1c2cccnc2c2c3c(ccc21)C(=O)NC3. The monoisotopic (exact) mass is 265 g/mol. The van der Waals surface area contributed by atoms with E-state index in [1.807, 2.05) is 18.3 Å². The molecule has 100 valence electrons. The number of nitrogens with zero attached hydrogens (tertiary/aromatic N) is 2. The highest BCUT2D eigenvalue weighted by Gasteiger charge is 2.24. The molecule has 1 aromatic carbocycles. The zero-order valence-electron chi connectivity index (χ0n) is 11.3. The van der Waals surface area contributed by atoms with E-state index in [4.69, 9.17) is 0 Å². The van der Waals surface area contributed by atoms with Crippen molar-refractivity contribution in [2.75, 3.05) is 0 Å². The Hall–Kier alpha value is -2.36. The van der Waals surface area contributed by atoms with Crippen molar-refractivity contribution in [1.29, 1.82) is 0 Å². The molecule has 0 unspecified atom stereocenters. The molecule has 0 saturated carbocycles. The molecule has 1 N–H and O–H groups in total. The van der Waals surface area contributed by atoms with E-state index in [2.05, 4.69) is 33.9 Å². The standard InChI is InChI=1S/C16H15N3O/c1-2-8-19-12-6-5-10-11(9-18-16(10)20)14(12)15-13(19)4-3-7-17-15/h3-7H,2,8-9H2,1H3,(H,18,20). The highest BCUT2D eigenvalue weighted by Crippen LogP contribution is 2.33. The summed E-state index contributed by atoms with van der Waals surface area (Å²) in [6, 6.07) is 8.06. The van der Waals surface area contributed by atoms with Gasteiger partial charge in [0.15, 0.2) is 0 Å². The van der Waals surface area contributed by atoms with E-state index in [-0.39, 0.29) is 5.91 Å². The van der Waals surface area contributed by atoms with Crippen LogP contribution >= 0.6 is 0 Å². The maximum atomic E-state index is 11.8. The summed E-state index contributed by atoms with van der Waals surface area (Å²) in [5.41, 5.74) is 5.21. The van der Waals surface area contributed by atoms with E-state index < -0.39 is 0 Å². The highest BCUT2D eigenvalue weighted by atomic mass is 16.1. The van der Waals surface area contributed by atoms with Crippen molar-refractivity contribution in [3.05, 3.63) is 41.6 Å². The molecule has 0 spiro atoms. The van der Waals surface area contributed by atoms with Gasteiger partial charge in [0, 0.05) is 30.2 Å². The van der Waals surface area contributed by atoms with Crippen LogP contribution in [-0.4, -0.2) is 15.5 Å². The van der Waals surface area contributed by atoms with Crippen LogP contribution in [0.15, 0.2) is 30.5 Å². The van der Waals surface area contributed by atoms with Gasteiger partial charge in [-0.25, -0.2) is 0 Å². The van der Waals surface area contributed by atoms with Gasteiger partial charge in [-0.05, 0) is 36.2 Å². The zero-order valence-corrected chi connectivity index (χ0v) is 11.3. The molecule has 0 fully saturated rings. The molecule has 4 heteroatoms. The van der Waals surface area contributed by atoms with E-state index in [1.54, 1.807) is 0 Å². The van der Waals surface area contributed by atoms with Crippen molar-refractivity contribution >= 4 is 27.8 Å². The molecule has 0 saturated heterocycles. The summed E-state index contributed by atoms with van der Waals surface area (Å²) in [5, 5.41) is 4.04. The Balaban J connectivity index is 2.19. The third kappa shape index (κ3) is 1.36. The Labute approximate surface area is 116 Å². The predicted octanol–water partition coefficient (Wildman–Crippen LogP) is 2.84. The first kappa shape index (κ1) is 11.5. The Morgan fingerprint density at radius 2 is 2.20 bits per heavy atom. The van der Waals surface area contributed by atoms with Crippen LogP contribution in [0.1, 0.15) is 29.3 Å². The van der Waals surface area contributed by atoms with Gasteiger partial charge in [0.25, 0.3) is 5.91 Å². The molecule has 1 aliphatic rings. The maximum Gasteiger partial charge on any atom is 0.251 e. The molecular weight excluding hydrogens is 250 g/mol. The quantitative estimate of drug-likeness (QED) is 0.774. The molecule has 0 aliphatic carbocycles. The van der Waals surface area contributed by atoms with Crippen molar-refractivity contribution in [2.45, 2.75) is 26.4 Å². The third-order valence-electron chi connectivity index (χ3n) is 4.01. The van der Waals surface area contributed by atoms with Gasteiger partial charge in [0.2, 0.25) is 0 Å². The topological polar surface area (TPSA) is 46.9 Å². The number of aryl methyl sites for hydroxylation is 1. The smallest absolute Gasteiger partial charge is 0.251 e. The van der Waals surface area contributed by atoms with Gasteiger partial charge in [-0.3, -0.25) is 9.78 Å². The van der Waals surface area contributed by atoms with Gasteiger partial charge in [0.05, 0.1) is 16.6 Å². The Morgan fingerprint density at radius 3 is 3.05 bits per heavy atom. The molecule has 3 aromatic rings. The molecule has 4 nitrogen and oxygen atoms in total. The minimum Gasteiger partial charge on any atom is -0.348 e. The van der Waals surface area contributed by atoms with Gasteiger partial charge < -0.3 is 9.88 Å². The lowest BCUT2D eigenvalue weighted by Crippen LogP contribution is -2.12. The molecule has 0 bridgehead atoms. The molecular formula is C16H15N3O. The minimum atomic E-state index is 0.0224. The van der Waals surface area contributed by atoms with Gasteiger partial charge in [-0.15, -0.1) is 0 Å². The molecule has 1 amide bonds. The second-order valence-electron chi connectivity index (χ2n) is 5.19. The summed E-state index contributed by atoms with van der Waals surface area (Å²) in [6.07, 6.45) is 2.89. The molecule has 3 heterocycles. The second kappa shape index (κ2) is 4.07. The molecule has 1 aliphatic heterocycles. The van der Waals surface area contributed by atoms with Crippen LogP contribution in [0.4, 0.5) is 0 Å². The lowest BCUT2D eigenvalue weighted by Gasteiger charge is -2.05. The number of nitrogens with one attached hydrogen (secondary N) is 1. The summed E-state index contributed by atoms with van der Waals surface area (Å²) < 4.78 is 2.31. The van der Waals surface area contributed by atoms with Crippen molar-refractivity contribution < 1.29 is 4.79 Å². The fourth-order valence-corrected chi connectivity index (χ4v) is 3.19. The van der Waals surface area contributed by atoms with E-state index in [0.29, 0.717) is 6.54 Å². The predicted molar refractivity (Wildman–Crippen MR) is 78.7 cm³/mol. The van der Waals surface area contributed by atoms with E-state index in [1.165, 1.54) is 5.52 Å². The highest BCUT2D eigenvalue weighted by molar-refractivity contribution is 6.12. The summed E-state index contributed by atoms with van der Waals surface area (Å²) in [6.45, 7) is 3.74. The molecule has 20 heavy (non-hydrogen) atoms. The van der Waals surface area contributed by atoms with Crippen molar-refractivity contribution in [3.8, 4) is 0 Å². The maximum absolute atomic E-state index is 11.8. The van der Waals surface area contributed by atoms with Gasteiger partial charge in [-0.1, -0.05) is 6.92 Å². The average molecular weight is 265 g/mol. The number of hydrogen-bond acceptors (Lipinski definition) is 2. The zero-order chi connectivity index (χ0) is 13.7. The third-order valence-corrected chi connectivity index (χ3v) is 4.01. The molecule has 0 atom stereocenters. The van der Waals surface area contributed by atoms with Gasteiger partial charge >= 0.3 is 0 Å². The van der Waals surface area contributed by atoms with Crippen molar-refractivity contribution in [1.82, 2.24) is 14.9 Å². The second-order valence-corrected chi connectivity index (χ2v) is 5.19. The number of carbonyl (C=O) groups is 1. The summed E-state index contributed by atoms with van der Waals surface area (Å²) >= 11 is 0. The number of benzene rings is 1. The van der Waals surface area contributed by atoms with Gasteiger partial charge in [-0.2, -0.15) is 0 Å². The molecule has 2 aromatic heterocycles. The Morgan fingerprint density at radius 1 is 1.30 bits per heavy atom. The normalized spacial score (nSPS) is 13.9. The largest absolute Gasteiger partial charge is 0.348 e. The van der Waals surface area contributed by atoms with Gasteiger partial charge in [0.1, 0.15) is 0 Å². The number of aromatic nitrogens is 2. The number of pyridine rings is 1. The van der Waals surface area contributed by atoms with Crippen molar-refractivity contribution in [2.24, 2.45) is 0 Å². The van der Waals surface area contributed by atoms with Crippen LogP contribution in [0.5, 0.6) is 0 Å². The Bertz CT molecular complexity index is 848.